The van der Waals surface area contributed by atoms with Crippen LogP contribution in [0, 0.1) is 0 Å². The number of carbonyl (C=O) groups excluding carboxylic acids is 2. The maximum atomic E-state index is 13.6. The van der Waals surface area contributed by atoms with Gasteiger partial charge in [0, 0.05) is 31.7 Å². The summed E-state index contributed by atoms with van der Waals surface area (Å²) in [6, 6.07) is 16.5. The Bertz CT molecular complexity index is 1540. The zero-order chi connectivity index (χ0) is 31.4. The van der Waals surface area contributed by atoms with Gasteiger partial charge in [-0.1, -0.05) is 56.3 Å². The van der Waals surface area contributed by atoms with Crippen molar-refractivity contribution in [1.29, 1.82) is 0 Å². The van der Waals surface area contributed by atoms with Gasteiger partial charge in [0.25, 0.3) is 0 Å². The van der Waals surface area contributed by atoms with Crippen molar-refractivity contribution in [2.75, 3.05) is 26.7 Å². The highest BCUT2D eigenvalue weighted by molar-refractivity contribution is 7.89. The number of nitrogens with zero attached hydrogens (tertiary/aromatic N) is 2. The Morgan fingerprint density at radius 3 is 2.23 bits per heavy atom. The lowest BCUT2D eigenvalue weighted by atomic mass is 10.0. The fourth-order valence-corrected chi connectivity index (χ4v) is 6.47. The van der Waals surface area contributed by atoms with Crippen molar-refractivity contribution in [2.24, 2.45) is 0 Å². The van der Waals surface area contributed by atoms with Crippen LogP contribution in [0.15, 0.2) is 77.7 Å². The summed E-state index contributed by atoms with van der Waals surface area (Å²) in [6.07, 6.45) is -4.66. The van der Waals surface area contributed by atoms with E-state index in [4.69, 9.17) is 4.74 Å². The van der Waals surface area contributed by atoms with Crippen molar-refractivity contribution >= 4 is 21.8 Å². The zero-order valence-corrected chi connectivity index (χ0v) is 24.9. The van der Waals surface area contributed by atoms with Crippen LogP contribution in [0.25, 0.3) is 0 Å². The lowest BCUT2D eigenvalue weighted by Crippen LogP contribution is -2.61. The first-order valence-electron chi connectivity index (χ1n) is 13.8. The summed E-state index contributed by atoms with van der Waals surface area (Å²) in [7, 11) is -2.90. The van der Waals surface area contributed by atoms with Gasteiger partial charge in [0.2, 0.25) is 21.8 Å². The Labute approximate surface area is 249 Å². The fourth-order valence-electron chi connectivity index (χ4n) is 4.90. The molecule has 1 atom stereocenters. The molecule has 3 aromatic rings. The average Bonchev–Trinajstić information content (AvgIpc) is 2.99. The summed E-state index contributed by atoms with van der Waals surface area (Å²) in [5.74, 6) is -0.0947. The number of nitrogens with one attached hydrogen (secondary N) is 1. The van der Waals surface area contributed by atoms with Crippen LogP contribution in [0.1, 0.15) is 42.0 Å². The minimum absolute atomic E-state index is 0.00566. The highest BCUT2D eigenvalue weighted by Crippen LogP contribution is 2.31. The van der Waals surface area contributed by atoms with Crippen molar-refractivity contribution in [1.82, 2.24) is 14.5 Å². The zero-order valence-electron chi connectivity index (χ0n) is 24.1. The van der Waals surface area contributed by atoms with Gasteiger partial charge in [-0.05, 0) is 47.4 Å². The quantitative estimate of drug-likeness (QED) is 0.379. The van der Waals surface area contributed by atoms with Gasteiger partial charge in [0.05, 0.1) is 24.0 Å². The second kappa shape index (κ2) is 13.2. The number of halogens is 3. The monoisotopic (exact) mass is 617 g/mol. The number of amides is 2. The number of hydrogen-bond donors (Lipinski definition) is 1. The molecule has 2 amide bonds. The Morgan fingerprint density at radius 2 is 1.63 bits per heavy atom. The van der Waals surface area contributed by atoms with E-state index in [1.807, 2.05) is 24.3 Å². The van der Waals surface area contributed by atoms with E-state index >= 15 is 0 Å². The van der Waals surface area contributed by atoms with Crippen LogP contribution < -0.4 is 10.1 Å². The number of carbonyl (C=O) groups is 2. The summed E-state index contributed by atoms with van der Waals surface area (Å²) >= 11 is 0. The molecule has 0 spiro atoms. The molecule has 1 fully saturated rings. The first kappa shape index (κ1) is 32.0. The molecule has 1 aliphatic heterocycles. The molecule has 8 nitrogen and oxygen atoms in total. The molecule has 0 bridgehead atoms. The van der Waals surface area contributed by atoms with Gasteiger partial charge in [-0.2, -0.15) is 17.5 Å². The van der Waals surface area contributed by atoms with Gasteiger partial charge < -0.3 is 15.0 Å². The van der Waals surface area contributed by atoms with Gasteiger partial charge in [-0.3, -0.25) is 9.59 Å². The van der Waals surface area contributed by atoms with Crippen molar-refractivity contribution in [3.63, 3.8) is 0 Å². The number of methoxy groups -OCH3 is 1. The second-order valence-electron chi connectivity index (χ2n) is 10.6. The molecule has 43 heavy (non-hydrogen) atoms. The van der Waals surface area contributed by atoms with Crippen LogP contribution in [-0.2, 0) is 38.8 Å². The highest BCUT2D eigenvalue weighted by Gasteiger charge is 2.41. The topological polar surface area (TPSA) is 96.0 Å². The average molecular weight is 618 g/mol. The largest absolute Gasteiger partial charge is 0.496 e. The molecule has 1 heterocycles. The molecule has 1 aliphatic rings. The normalized spacial score (nSPS) is 16.3. The molecule has 12 heteroatoms. The van der Waals surface area contributed by atoms with E-state index in [9.17, 15) is 31.2 Å². The third-order valence-electron chi connectivity index (χ3n) is 7.42. The smallest absolute Gasteiger partial charge is 0.416 e. The predicted octanol–water partition coefficient (Wildman–Crippen LogP) is 4.60. The Hall–Kier alpha value is -3.90. The third kappa shape index (κ3) is 7.55. The van der Waals surface area contributed by atoms with Gasteiger partial charge in [0.1, 0.15) is 11.8 Å². The second-order valence-corrected chi connectivity index (χ2v) is 12.5. The van der Waals surface area contributed by atoms with Crippen LogP contribution in [-0.4, -0.2) is 62.2 Å². The molecule has 0 saturated carbocycles. The minimum Gasteiger partial charge on any atom is -0.496 e. The summed E-state index contributed by atoms with van der Waals surface area (Å²) in [6.45, 7) is 3.79. The number of piperazine rings is 1. The van der Waals surface area contributed by atoms with Crippen molar-refractivity contribution in [3.8, 4) is 5.75 Å². The summed E-state index contributed by atoms with van der Waals surface area (Å²) in [5.41, 5.74) is 1.58. The molecule has 3 aromatic carbocycles. The van der Waals surface area contributed by atoms with E-state index < -0.39 is 33.7 Å². The SMILES string of the molecule is COc1ccccc1CC(=O)N1CCN(S(=O)(=O)c2ccc(C(F)(F)F)cc2)[C@@H](C(=O)NCc2ccc(C(C)C)cc2)C1. The van der Waals surface area contributed by atoms with E-state index in [0.717, 1.165) is 27.6 Å². The standard InChI is InChI=1S/C31H34F3N3O5S/c1-21(2)23-10-8-22(9-11-23)19-35-30(39)27-20-36(29(38)18-24-6-4-5-7-28(24)42-3)16-17-37(27)43(40,41)26-14-12-25(13-15-26)31(32,33)34/h4-15,21,27H,16-20H2,1-3H3,(H,35,39)/t27-/m1/s1. The summed E-state index contributed by atoms with van der Waals surface area (Å²) in [4.78, 5) is 27.9. The number of ether oxygens (including phenoxy) is 1. The Balaban J connectivity index is 1.57. The molecule has 230 valence electrons. The molecular formula is C31H34F3N3O5S. The van der Waals surface area contributed by atoms with E-state index in [1.54, 1.807) is 24.3 Å². The Kier molecular flexibility index (Phi) is 9.81. The molecule has 0 radical (unpaired) electrons. The van der Waals surface area contributed by atoms with E-state index in [-0.39, 0.29) is 43.4 Å². The van der Waals surface area contributed by atoms with Crippen molar-refractivity contribution in [3.05, 3.63) is 95.1 Å². The molecule has 1 saturated heterocycles. The van der Waals surface area contributed by atoms with E-state index in [1.165, 1.54) is 12.0 Å². The highest BCUT2D eigenvalue weighted by atomic mass is 32.2. The first-order chi connectivity index (χ1) is 20.3. The molecule has 0 unspecified atom stereocenters. The lowest BCUT2D eigenvalue weighted by Gasteiger charge is -2.39. The molecule has 1 N–H and O–H groups in total. The third-order valence-corrected chi connectivity index (χ3v) is 9.34. The van der Waals surface area contributed by atoms with Crippen LogP contribution in [0.5, 0.6) is 5.75 Å². The maximum absolute atomic E-state index is 13.6. The summed E-state index contributed by atoms with van der Waals surface area (Å²) in [5, 5.41) is 2.78. The minimum atomic E-state index is -4.63. The maximum Gasteiger partial charge on any atom is 0.416 e. The molecule has 0 aliphatic carbocycles. The van der Waals surface area contributed by atoms with Gasteiger partial charge in [0.15, 0.2) is 0 Å². The molecular weight excluding hydrogens is 583 g/mol. The molecule has 4 rings (SSSR count). The van der Waals surface area contributed by atoms with E-state index in [2.05, 4.69) is 19.2 Å². The van der Waals surface area contributed by atoms with Crippen LogP contribution >= 0.6 is 0 Å². The van der Waals surface area contributed by atoms with Crippen LogP contribution in [0.3, 0.4) is 0 Å². The number of rotatable bonds is 9. The number of sulfonamides is 1. The Morgan fingerprint density at radius 1 is 0.977 bits per heavy atom. The van der Waals surface area contributed by atoms with E-state index in [0.29, 0.717) is 29.4 Å². The first-order valence-corrected chi connectivity index (χ1v) is 15.2. The number of hydrogen-bond acceptors (Lipinski definition) is 5. The number of para-hydroxylation sites is 1. The summed E-state index contributed by atoms with van der Waals surface area (Å²) < 4.78 is 72.8. The van der Waals surface area contributed by atoms with Crippen LogP contribution in [0.2, 0.25) is 0 Å². The van der Waals surface area contributed by atoms with Crippen molar-refractivity contribution < 1.29 is 35.9 Å². The van der Waals surface area contributed by atoms with Gasteiger partial charge in [-0.25, -0.2) is 8.42 Å². The molecule has 0 aromatic heterocycles. The lowest BCUT2D eigenvalue weighted by molar-refractivity contribution is -0.138. The predicted molar refractivity (Wildman–Crippen MR) is 155 cm³/mol. The number of alkyl halides is 3. The van der Waals surface area contributed by atoms with Gasteiger partial charge >= 0.3 is 6.18 Å². The fraction of sp³-hybridized carbons (Fsp3) is 0.355. The van der Waals surface area contributed by atoms with Gasteiger partial charge in [-0.15, -0.1) is 0 Å². The van der Waals surface area contributed by atoms with Crippen LogP contribution in [0.4, 0.5) is 13.2 Å². The number of benzene rings is 3. The van der Waals surface area contributed by atoms with Crippen molar-refractivity contribution in [2.45, 2.75) is 49.8 Å².